The second-order valence-corrected chi connectivity index (χ2v) is 5.83. The number of aromatic nitrogens is 1. The number of morpholine rings is 1. The van der Waals surface area contributed by atoms with Crippen molar-refractivity contribution in [2.45, 2.75) is 37.8 Å². The Balaban J connectivity index is 1.92. The van der Waals surface area contributed by atoms with Crippen LogP contribution in [0.4, 0.5) is 5.00 Å². The van der Waals surface area contributed by atoms with E-state index < -0.39 is 0 Å². The van der Waals surface area contributed by atoms with Crippen LogP contribution in [0.3, 0.4) is 0 Å². The van der Waals surface area contributed by atoms with Gasteiger partial charge < -0.3 is 9.64 Å². The lowest BCUT2D eigenvalue weighted by Crippen LogP contribution is -2.52. The third-order valence-corrected chi connectivity index (χ3v) is 5.00. The topological polar surface area (TPSA) is 49.2 Å². The molecule has 2 aliphatic rings. The van der Waals surface area contributed by atoms with E-state index in [1.165, 1.54) is 24.4 Å². The number of anilines is 1. The first kappa shape index (κ1) is 12.2. The van der Waals surface area contributed by atoms with Crippen LogP contribution in [0.25, 0.3) is 0 Å². The number of ether oxygens (including phenoxy) is 1. The van der Waals surface area contributed by atoms with Crippen molar-refractivity contribution in [1.82, 2.24) is 4.37 Å². The van der Waals surface area contributed by atoms with Crippen molar-refractivity contribution >= 4 is 28.1 Å². The summed E-state index contributed by atoms with van der Waals surface area (Å²) >= 11 is 7.29. The number of hydrogen-bond acceptors (Lipinski definition) is 5. The van der Waals surface area contributed by atoms with Gasteiger partial charge in [-0.25, -0.2) is 0 Å². The van der Waals surface area contributed by atoms with Crippen molar-refractivity contribution in [3.8, 4) is 6.07 Å². The predicted octanol–water partition coefficient (Wildman–Crippen LogP) is 2.82. The Morgan fingerprint density at radius 2 is 2.28 bits per heavy atom. The largest absolute Gasteiger partial charge is 0.374 e. The first-order chi connectivity index (χ1) is 8.81. The number of nitriles is 1. The number of rotatable bonds is 1. The molecule has 1 aromatic heterocycles. The van der Waals surface area contributed by atoms with Crippen molar-refractivity contribution < 1.29 is 4.74 Å². The highest BCUT2D eigenvalue weighted by molar-refractivity contribution is 7.10. The second-order valence-electron chi connectivity index (χ2n) is 4.72. The number of halogens is 1. The van der Waals surface area contributed by atoms with Crippen LogP contribution >= 0.6 is 23.1 Å². The lowest BCUT2D eigenvalue weighted by atomic mass is 9.90. The minimum atomic E-state index is 0.305. The van der Waals surface area contributed by atoms with Crippen molar-refractivity contribution in [3.05, 3.63) is 10.7 Å². The van der Waals surface area contributed by atoms with Gasteiger partial charge in [0.15, 0.2) is 5.15 Å². The summed E-state index contributed by atoms with van der Waals surface area (Å²) in [5.74, 6) is 0. The Labute approximate surface area is 115 Å². The van der Waals surface area contributed by atoms with E-state index in [0.29, 0.717) is 22.9 Å². The molecule has 0 radical (unpaired) electrons. The summed E-state index contributed by atoms with van der Waals surface area (Å²) in [5, 5.41) is 10.4. The molecule has 1 aliphatic carbocycles. The fourth-order valence-electron chi connectivity index (χ4n) is 2.90. The molecule has 96 valence electrons. The van der Waals surface area contributed by atoms with E-state index in [1.807, 2.05) is 0 Å². The maximum Gasteiger partial charge on any atom is 0.162 e. The second kappa shape index (κ2) is 5.04. The molecule has 0 aromatic carbocycles. The molecule has 0 spiro atoms. The molecule has 1 aromatic rings. The quantitative estimate of drug-likeness (QED) is 0.795. The molecule has 0 bridgehead atoms. The Bertz CT molecular complexity index is 482. The molecule has 1 saturated carbocycles. The van der Waals surface area contributed by atoms with Crippen LogP contribution in [-0.4, -0.2) is 29.7 Å². The first-order valence-electron chi connectivity index (χ1n) is 6.25. The minimum absolute atomic E-state index is 0.305. The van der Waals surface area contributed by atoms with Crippen LogP contribution < -0.4 is 4.90 Å². The number of hydrogen-bond donors (Lipinski definition) is 0. The monoisotopic (exact) mass is 283 g/mol. The Morgan fingerprint density at radius 1 is 1.44 bits per heavy atom. The van der Waals surface area contributed by atoms with Crippen LogP contribution in [0.2, 0.25) is 5.15 Å². The van der Waals surface area contributed by atoms with Crippen LogP contribution in [-0.2, 0) is 4.74 Å². The SMILES string of the molecule is N#Cc1c(Cl)nsc1N1CCOC2CCCCC21. The summed E-state index contributed by atoms with van der Waals surface area (Å²) in [6, 6.07) is 2.56. The van der Waals surface area contributed by atoms with Gasteiger partial charge >= 0.3 is 0 Å². The van der Waals surface area contributed by atoms with Gasteiger partial charge in [-0.3, -0.25) is 0 Å². The van der Waals surface area contributed by atoms with Gasteiger partial charge in [0.2, 0.25) is 0 Å². The minimum Gasteiger partial charge on any atom is -0.374 e. The number of fused-ring (bicyclic) bond motifs is 1. The third-order valence-electron chi connectivity index (χ3n) is 3.74. The van der Waals surface area contributed by atoms with Crippen LogP contribution in [0.1, 0.15) is 31.2 Å². The summed E-state index contributed by atoms with van der Waals surface area (Å²) < 4.78 is 9.94. The Morgan fingerprint density at radius 3 is 3.11 bits per heavy atom. The molecule has 2 unspecified atom stereocenters. The highest BCUT2D eigenvalue weighted by Crippen LogP contribution is 2.37. The fourth-order valence-corrected chi connectivity index (χ4v) is 4.02. The van der Waals surface area contributed by atoms with Crippen LogP contribution in [0.15, 0.2) is 0 Å². The predicted molar refractivity (Wildman–Crippen MR) is 71.2 cm³/mol. The van der Waals surface area contributed by atoms with Gasteiger partial charge in [-0.1, -0.05) is 24.4 Å². The summed E-state index contributed by atoms with van der Waals surface area (Å²) in [5.41, 5.74) is 0.521. The van der Waals surface area contributed by atoms with E-state index >= 15 is 0 Å². The van der Waals surface area contributed by atoms with E-state index in [2.05, 4.69) is 15.3 Å². The Hall–Kier alpha value is -0.830. The maximum atomic E-state index is 9.19. The van der Waals surface area contributed by atoms with E-state index in [1.54, 1.807) is 0 Å². The molecule has 2 fully saturated rings. The normalized spacial score (nSPS) is 27.7. The molecule has 6 heteroatoms. The summed E-state index contributed by atoms with van der Waals surface area (Å²) in [7, 11) is 0. The van der Waals surface area contributed by atoms with Crippen LogP contribution in [0, 0.1) is 11.3 Å². The Kier molecular flexibility index (Phi) is 3.42. The van der Waals surface area contributed by atoms with Gasteiger partial charge in [-0.05, 0) is 24.4 Å². The summed E-state index contributed by atoms with van der Waals surface area (Å²) in [6.07, 6.45) is 5.03. The van der Waals surface area contributed by atoms with E-state index in [9.17, 15) is 5.26 Å². The van der Waals surface area contributed by atoms with Gasteiger partial charge in [0.25, 0.3) is 0 Å². The molecular weight excluding hydrogens is 270 g/mol. The van der Waals surface area contributed by atoms with Crippen molar-refractivity contribution in [1.29, 1.82) is 5.26 Å². The third kappa shape index (κ3) is 1.99. The molecule has 0 N–H and O–H groups in total. The van der Waals surface area contributed by atoms with Crippen molar-refractivity contribution in [2.24, 2.45) is 0 Å². The zero-order chi connectivity index (χ0) is 12.5. The molecular formula is C12H14ClN3OS. The highest BCUT2D eigenvalue weighted by atomic mass is 35.5. The van der Waals surface area contributed by atoms with E-state index in [4.69, 9.17) is 16.3 Å². The maximum absolute atomic E-state index is 9.19. The lowest BCUT2D eigenvalue weighted by Gasteiger charge is -2.44. The molecule has 4 nitrogen and oxygen atoms in total. The van der Waals surface area contributed by atoms with E-state index in [-0.39, 0.29) is 0 Å². The van der Waals surface area contributed by atoms with Gasteiger partial charge in [0.1, 0.15) is 16.6 Å². The molecule has 0 amide bonds. The lowest BCUT2D eigenvalue weighted by molar-refractivity contribution is -0.00842. The van der Waals surface area contributed by atoms with Gasteiger partial charge in [0.05, 0.1) is 18.8 Å². The zero-order valence-electron chi connectivity index (χ0n) is 9.93. The average Bonchev–Trinajstić information content (AvgIpc) is 2.79. The fraction of sp³-hybridized carbons (Fsp3) is 0.667. The number of nitrogens with zero attached hydrogens (tertiary/aromatic N) is 3. The van der Waals surface area contributed by atoms with Gasteiger partial charge in [-0.15, -0.1) is 0 Å². The standard InChI is InChI=1S/C12H14ClN3OS/c13-11-8(7-14)12(18-15-11)16-5-6-17-10-4-2-1-3-9(10)16/h9-10H,1-6H2. The van der Waals surface area contributed by atoms with Gasteiger partial charge in [-0.2, -0.15) is 9.64 Å². The zero-order valence-corrected chi connectivity index (χ0v) is 11.5. The van der Waals surface area contributed by atoms with E-state index in [0.717, 1.165) is 31.0 Å². The smallest absolute Gasteiger partial charge is 0.162 e. The average molecular weight is 284 g/mol. The highest BCUT2D eigenvalue weighted by Gasteiger charge is 2.36. The molecule has 1 saturated heterocycles. The van der Waals surface area contributed by atoms with Crippen LogP contribution in [0.5, 0.6) is 0 Å². The van der Waals surface area contributed by atoms with Gasteiger partial charge in [0, 0.05) is 6.54 Å². The molecule has 1 aliphatic heterocycles. The van der Waals surface area contributed by atoms with Crippen molar-refractivity contribution in [2.75, 3.05) is 18.1 Å². The molecule has 2 heterocycles. The molecule has 2 atom stereocenters. The van der Waals surface area contributed by atoms with Crippen molar-refractivity contribution in [3.63, 3.8) is 0 Å². The summed E-state index contributed by atoms with van der Waals surface area (Å²) in [6.45, 7) is 1.55. The molecule has 3 rings (SSSR count). The first-order valence-corrected chi connectivity index (χ1v) is 7.40. The molecule has 18 heavy (non-hydrogen) atoms. The summed E-state index contributed by atoms with van der Waals surface area (Å²) in [4.78, 5) is 2.29.